The van der Waals surface area contributed by atoms with Crippen molar-refractivity contribution in [3.8, 4) is 0 Å². The van der Waals surface area contributed by atoms with Crippen LogP contribution in [0.1, 0.15) is 27.0 Å². The Hall–Kier alpha value is -2.79. The number of rotatable bonds is 3. The molecule has 4 rings (SSSR count). The van der Waals surface area contributed by atoms with Gasteiger partial charge in [-0.2, -0.15) is 0 Å². The summed E-state index contributed by atoms with van der Waals surface area (Å²) in [6.07, 6.45) is 2.47. The fraction of sp³-hybridized carbons (Fsp3) is 0.200. The van der Waals surface area contributed by atoms with Crippen LogP contribution in [-0.2, 0) is 19.5 Å². The zero-order chi connectivity index (χ0) is 17.2. The quantitative estimate of drug-likeness (QED) is 0.774. The number of aromatic nitrogens is 1. The normalized spacial score (nSPS) is 13.5. The molecule has 2 heterocycles. The van der Waals surface area contributed by atoms with Gasteiger partial charge in [-0.15, -0.1) is 0 Å². The molecule has 1 aliphatic heterocycles. The van der Waals surface area contributed by atoms with E-state index in [1.54, 1.807) is 6.20 Å². The molecule has 0 saturated carbocycles. The second-order valence-electron chi connectivity index (χ2n) is 6.19. The lowest BCUT2D eigenvalue weighted by molar-refractivity contribution is 0.0949. The summed E-state index contributed by atoms with van der Waals surface area (Å²) in [7, 11) is 0. The first-order chi connectivity index (χ1) is 12.2. The number of hydrogen-bond donors (Lipinski definition) is 2. The Morgan fingerprint density at radius 3 is 3.04 bits per heavy atom. The molecule has 2 N–H and O–H groups in total. The molecular weight excluding hydrogens is 317 g/mol. The van der Waals surface area contributed by atoms with Crippen molar-refractivity contribution in [2.75, 3.05) is 6.54 Å². The number of carbonyl (C=O) groups is 1. The van der Waals surface area contributed by atoms with Gasteiger partial charge in [0.2, 0.25) is 0 Å². The summed E-state index contributed by atoms with van der Waals surface area (Å²) in [6, 6.07) is 12.6. The summed E-state index contributed by atoms with van der Waals surface area (Å²) in [4.78, 5) is 17.1. The summed E-state index contributed by atoms with van der Waals surface area (Å²) in [5.74, 6) is -0.620. The molecule has 5 heteroatoms. The molecule has 3 aromatic rings. The fourth-order valence-electron chi connectivity index (χ4n) is 3.37. The number of nitrogens with zero attached hydrogens (tertiary/aromatic N) is 1. The number of benzene rings is 2. The van der Waals surface area contributed by atoms with Crippen LogP contribution in [0.2, 0.25) is 0 Å². The van der Waals surface area contributed by atoms with Crippen LogP contribution in [0.3, 0.4) is 0 Å². The highest BCUT2D eigenvalue weighted by molar-refractivity contribution is 5.96. The number of para-hydroxylation sites is 1. The van der Waals surface area contributed by atoms with Crippen LogP contribution in [0.4, 0.5) is 4.39 Å². The van der Waals surface area contributed by atoms with Gasteiger partial charge >= 0.3 is 0 Å². The zero-order valence-corrected chi connectivity index (χ0v) is 13.7. The zero-order valence-electron chi connectivity index (χ0n) is 13.7. The van der Waals surface area contributed by atoms with Gasteiger partial charge in [-0.3, -0.25) is 9.78 Å². The second-order valence-corrected chi connectivity index (χ2v) is 6.19. The van der Waals surface area contributed by atoms with E-state index in [4.69, 9.17) is 0 Å². The lowest BCUT2D eigenvalue weighted by Crippen LogP contribution is -2.29. The van der Waals surface area contributed by atoms with Crippen molar-refractivity contribution in [3.05, 3.63) is 76.7 Å². The molecular formula is C20H18FN3O. The van der Waals surface area contributed by atoms with Crippen molar-refractivity contribution in [2.45, 2.75) is 19.5 Å². The molecule has 4 nitrogen and oxygen atoms in total. The predicted molar refractivity (Wildman–Crippen MR) is 94.7 cm³/mol. The molecule has 1 aliphatic rings. The monoisotopic (exact) mass is 335 g/mol. The van der Waals surface area contributed by atoms with E-state index < -0.39 is 0 Å². The standard InChI is InChI=1S/C20H18FN3O/c21-16-9-15-11-22-8-6-17(15)18(10-16)20(25)24-12-14-4-1-3-13-5-2-7-23-19(13)14/h1-5,7,9-10,22H,6,8,11-12H2,(H,24,25). The van der Waals surface area contributed by atoms with E-state index in [2.05, 4.69) is 15.6 Å². The lowest BCUT2D eigenvalue weighted by atomic mass is 9.94. The first-order valence-corrected chi connectivity index (χ1v) is 8.35. The number of carbonyl (C=O) groups excluding carboxylic acids is 1. The van der Waals surface area contributed by atoms with Gasteiger partial charge in [-0.25, -0.2) is 4.39 Å². The molecule has 0 saturated heterocycles. The van der Waals surface area contributed by atoms with Gasteiger partial charge < -0.3 is 10.6 Å². The summed E-state index contributed by atoms with van der Waals surface area (Å²) in [5.41, 5.74) is 4.05. The van der Waals surface area contributed by atoms with Gasteiger partial charge in [-0.1, -0.05) is 24.3 Å². The third-order valence-corrected chi connectivity index (χ3v) is 4.57. The van der Waals surface area contributed by atoms with Gasteiger partial charge in [0.15, 0.2) is 0 Å². The number of halogens is 1. The molecule has 25 heavy (non-hydrogen) atoms. The van der Waals surface area contributed by atoms with Crippen molar-refractivity contribution in [2.24, 2.45) is 0 Å². The van der Waals surface area contributed by atoms with Crippen molar-refractivity contribution in [1.82, 2.24) is 15.6 Å². The van der Waals surface area contributed by atoms with E-state index in [0.717, 1.165) is 40.6 Å². The Morgan fingerprint density at radius 1 is 1.24 bits per heavy atom. The first kappa shape index (κ1) is 15.7. The van der Waals surface area contributed by atoms with E-state index >= 15 is 0 Å². The molecule has 126 valence electrons. The van der Waals surface area contributed by atoms with E-state index in [1.807, 2.05) is 30.3 Å². The van der Waals surface area contributed by atoms with Crippen LogP contribution in [-0.4, -0.2) is 17.4 Å². The van der Waals surface area contributed by atoms with Gasteiger partial charge in [-0.05, 0) is 47.9 Å². The largest absolute Gasteiger partial charge is 0.348 e. The van der Waals surface area contributed by atoms with Crippen molar-refractivity contribution < 1.29 is 9.18 Å². The average molecular weight is 335 g/mol. The molecule has 1 aromatic heterocycles. The van der Waals surface area contributed by atoms with Crippen molar-refractivity contribution >= 4 is 16.8 Å². The minimum atomic E-state index is -0.376. The Morgan fingerprint density at radius 2 is 2.12 bits per heavy atom. The maximum atomic E-state index is 13.9. The van der Waals surface area contributed by atoms with Crippen molar-refractivity contribution in [1.29, 1.82) is 0 Å². The first-order valence-electron chi connectivity index (χ1n) is 8.35. The number of hydrogen-bond acceptors (Lipinski definition) is 3. The number of nitrogens with one attached hydrogen (secondary N) is 2. The highest BCUT2D eigenvalue weighted by atomic mass is 19.1. The highest BCUT2D eigenvalue weighted by Crippen LogP contribution is 2.21. The Kier molecular flexibility index (Phi) is 4.15. The summed E-state index contributed by atoms with van der Waals surface area (Å²) >= 11 is 0. The van der Waals surface area contributed by atoms with Gasteiger partial charge in [0, 0.05) is 30.2 Å². The van der Waals surface area contributed by atoms with Crippen LogP contribution in [0.15, 0.2) is 48.7 Å². The molecule has 0 atom stereocenters. The van der Waals surface area contributed by atoms with E-state index in [-0.39, 0.29) is 11.7 Å². The van der Waals surface area contributed by atoms with E-state index in [1.165, 1.54) is 12.1 Å². The molecule has 0 fully saturated rings. The van der Waals surface area contributed by atoms with E-state index in [0.29, 0.717) is 18.7 Å². The third kappa shape index (κ3) is 3.10. The van der Waals surface area contributed by atoms with Gasteiger partial charge in [0.1, 0.15) is 5.82 Å². The molecule has 2 aromatic carbocycles. The minimum absolute atomic E-state index is 0.245. The molecule has 0 bridgehead atoms. The molecule has 0 radical (unpaired) electrons. The van der Waals surface area contributed by atoms with E-state index in [9.17, 15) is 9.18 Å². The van der Waals surface area contributed by atoms with Crippen LogP contribution in [0.25, 0.3) is 10.9 Å². The highest BCUT2D eigenvalue weighted by Gasteiger charge is 2.19. The maximum absolute atomic E-state index is 13.9. The molecule has 1 amide bonds. The number of pyridine rings is 1. The Labute approximate surface area is 145 Å². The maximum Gasteiger partial charge on any atom is 0.251 e. The third-order valence-electron chi connectivity index (χ3n) is 4.57. The second kappa shape index (κ2) is 6.61. The van der Waals surface area contributed by atoms with Crippen LogP contribution < -0.4 is 10.6 Å². The molecule has 0 unspecified atom stereocenters. The summed E-state index contributed by atoms with van der Waals surface area (Å²) in [6.45, 7) is 1.75. The minimum Gasteiger partial charge on any atom is -0.348 e. The number of amides is 1. The summed E-state index contributed by atoms with van der Waals surface area (Å²) < 4.78 is 13.9. The summed E-state index contributed by atoms with van der Waals surface area (Å²) in [5, 5.41) is 7.16. The van der Waals surface area contributed by atoms with Crippen molar-refractivity contribution in [3.63, 3.8) is 0 Å². The SMILES string of the molecule is O=C(NCc1cccc2cccnc12)c1cc(F)cc2c1CCNC2. The molecule has 0 aliphatic carbocycles. The lowest BCUT2D eigenvalue weighted by Gasteiger charge is -2.20. The van der Waals surface area contributed by atoms with Crippen LogP contribution in [0, 0.1) is 5.82 Å². The van der Waals surface area contributed by atoms with Gasteiger partial charge in [0.25, 0.3) is 5.91 Å². The smallest absolute Gasteiger partial charge is 0.251 e. The van der Waals surface area contributed by atoms with Crippen LogP contribution >= 0.6 is 0 Å². The predicted octanol–water partition coefficient (Wildman–Crippen LogP) is 2.95. The fourth-order valence-corrected chi connectivity index (χ4v) is 3.37. The topological polar surface area (TPSA) is 54.0 Å². The Bertz CT molecular complexity index is 950. The van der Waals surface area contributed by atoms with Crippen LogP contribution in [0.5, 0.6) is 0 Å². The number of fused-ring (bicyclic) bond motifs is 2. The Balaban J connectivity index is 1.60. The molecule has 0 spiro atoms. The average Bonchev–Trinajstić information content (AvgIpc) is 2.65. The van der Waals surface area contributed by atoms with Gasteiger partial charge in [0.05, 0.1) is 5.52 Å².